The number of phenols is 2. The number of phenolic OH excluding ortho intramolecular Hbond substituents is 2. The zero-order valence-electron chi connectivity index (χ0n) is 36.3. The number of carbonyl (C=O) groups excluding carboxylic acids is 8. The maximum absolute atomic E-state index is 14.7. The molecule has 7 N–H and O–H groups in total. The van der Waals surface area contributed by atoms with Gasteiger partial charge in [-0.25, -0.2) is 0 Å². The first-order valence-corrected chi connectivity index (χ1v) is 22.0. The number of fused-ring (bicyclic) bond motifs is 3. The van der Waals surface area contributed by atoms with Crippen LogP contribution in [-0.2, 0) is 51.2 Å². The van der Waals surface area contributed by atoms with Crippen molar-refractivity contribution in [1.82, 2.24) is 41.3 Å². The van der Waals surface area contributed by atoms with Crippen LogP contribution in [0.1, 0.15) is 77.3 Å². The van der Waals surface area contributed by atoms with Crippen LogP contribution in [0.25, 0.3) is 0 Å². The molecule has 0 bridgehead atoms. The highest BCUT2D eigenvalue weighted by molar-refractivity contribution is 5.99. The monoisotopic (exact) mass is 872 g/mol. The molecule has 0 aromatic heterocycles. The van der Waals surface area contributed by atoms with Crippen LogP contribution in [0.4, 0.5) is 0 Å². The number of aromatic hydroxyl groups is 2. The topological polar surface area (TPSA) is 247 Å². The molecule has 4 saturated heterocycles. The highest BCUT2D eigenvalue weighted by atomic mass is 16.3. The van der Waals surface area contributed by atoms with Crippen molar-refractivity contribution < 1.29 is 48.6 Å². The van der Waals surface area contributed by atoms with Gasteiger partial charge in [-0.3, -0.25) is 38.4 Å². The van der Waals surface area contributed by atoms with Crippen LogP contribution >= 0.6 is 0 Å². The van der Waals surface area contributed by atoms with E-state index in [0.29, 0.717) is 49.7 Å². The van der Waals surface area contributed by atoms with Crippen LogP contribution in [0, 0.1) is 11.8 Å². The number of hydrogen-bond donors (Lipinski definition) is 7. The summed E-state index contributed by atoms with van der Waals surface area (Å²) >= 11 is 0. The molecule has 0 saturated carbocycles. The zero-order chi connectivity index (χ0) is 45.5. The number of nitrogens with one attached hydrogen (secondary N) is 5. The summed E-state index contributed by atoms with van der Waals surface area (Å²) in [7, 11) is 0. The van der Waals surface area contributed by atoms with Gasteiger partial charge in [-0.15, -0.1) is 0 Å². The van der Waals surface area contributed by atoms with Gasteiger partial charge in [0.1, 0.15) is 53.8 Å². The van der Waals surface area contributed by atoms with Gasteiger partial charge in [-0.05, 0) is 85.8 Å². The van der Waals surface area contributed by atoms with E-state index in [1.807, 2.05) is 0 Å². The van der Waals surface area contributed by atoms with Gasteiger partial charge in [0.2, 0.25) is 47.3 Å². The predicted molar refractivity (Wildman–Crippen MR) is 228 cm³/mol. The van der Waals surface area contributed by atoms with Gasteiger partial charge in [0, 0.05) is 32.5 Å². The summed E-state index contributed by atoms with van der Waals surface area (Å²) in [4.78, 5) is 117. The van der Waals surface area contributed by atoms with Crippen LogP contribution in [0.2, 0.25) is 0 Å². The standard InChI is InChI=1S/C45H60N8O10/c1-25(2)37-42(60)48-32(23-28-13-17-30(55)18-14-28)43(61)53-21-7-10-35(53)44(62)51-19-6-9-34(51)41(59)50-38(26(3)4)45(63)52-20-5-8-33(52)40(58)46-24-36(56)47-31(39(57)49-37)22-27-11-15-29(54)16-12-27/h11-18,25-26,31-35,37-38,54-55H,5-10,19-24H2,1-4H3,(H,46,58)(H,47,56)(H,48,60)(H,49,57)(H,50,59). The molecule has 0 aliphatic carbocycles. The molecule has 4 fully saturated rings. The lowest BCUT2D eigenvalue weighted by Crippen LogP contribution is -2.61. The highest BCUT2D eigenvalue weighted by Gasteiger charge is 2.46. The van der Waals surface area contributed by atoms with Crippen LogP contribution < -0.4 is 26.6 Å². The SMILES string of the molecule is CC(C)C1NC(=O)C(Cc2ccc(O)cc2)NC(=O)CNC(=O)C2CCCN2C(=O)C(C(C)C)NC(=O)C2CCCN2C(=O)C2CCCN2C(=O)C(Cc2ccc(O)cc2)NC1=O. The fraction of sp³-hybridized carbons (Fsp3) is 0.556. The molecule has 8 amide bonds. The molecule has 0 radical (unpaired) electrons. The minimum Gasteiger partial charge on any atom is -0.508 e. The first-order chi connectivity index (χ1) is 30.0. The molecular formula is C45H60N8O10. The molecule has 6 rings (SSSR count). The molecule has 4 aliphatic rings. The first-order valence-electron chi connectivity index (χ1n) is 22.0. The van der Waals surface area contributed by atoms with Crippen molar-refractivity contribution >= 4 is 47.3 Å². The fourth-order valence-electron chi connectivity index (χ4n) is 8.95. The summed E-state index contributed by atoms with van der Waals surface area (Å²) in [6, 6.07) is 4.64. The number of rotatable bonds is 6. The largest absolute Gasteiger partial charge is 0.508 e. The van der Waals surface area contributed by atoms with Gasteiger partial charge in [0.15, 0.2) is 0 Å². The second kappa shape index (κ2) is 20.3. The molecule has 7 unspecified atom stereocenters. The third-order valence-electron chi connectivity index (χ3n) is 12.4. The van der Waals surface area contributed by atoms with E-state index < -0.39 is 108 Å². The Hall–Kier alpha value is -6.20. The Kier molecular flexibility index (Phi) is 14.9. The van der Waals surface area contributed by atoms with Crippen molar-refractivity contribution in [3.63, 3.8) is 0 Å². The molecule has 4 heterocycles. The first kappa shape index (κ1) is 46.3. The lowest BCUT2D eigenvalue weighted by atomic mass is 9.99. The molecule has 4 aliphatic heterocycles. The molecule has 2 aromatic rings. The molecule has 0 spiro atoms. The Labute approximate surface area is 366 Å². The Morgan fingerprint density at radius 1 is 0.508 bits per heavy atom. The number of nitrogens with zero attached hydrogens (tertiary/aromatic N) is 3. The molecule has 2 aromatic carbocycles. The Morgan fingerprint density at radius 3 is 1.51 bits per heavy atom. The predicted octanol–water partition coefficient (Wildman–Crippen LogP) is 0.237. The van der Waals surface area contributed by atoms with Gasteiger partial charge in [0.25, 0.3) is 0 Å². The van der Waals surface area contributed by atoms with E-state index in [2.05, 4.69) is 26.6 Å². The van der Waals surface area contributed by atoms with E-state index >= 15 is 0 Å². The third-order valence-corrected chi connectivity index (χ3v) is 12.4. The number of amides is 8. The third kappa shape index (κ3) is 11.1. The van der Waals surface area contributed by atoms with E-state index in [0.717, 1.165) is 0 Å². The average Bonchev–Trinajstić information content (AvgIpc) is 4.06. The second-order valence-corrected chi connectivity index (χ2v) is 17.7. The van der Waals surface area contributed by atoms with Gasteiger partial charge in [0.05, 0.1) is 6.54 Å². The summed E-state index contributed by atoms with van der Waals surface area (Å²) < 4.78 is 0. The summed E-state index contributed by atoms with van der Waals surface area (Å²) in [5, 5.41) is 33.6. The van der Waals surface area contributed by atoms with E-state index in [9.17, 15) is 48.6 Å². The van der Waals surface area contributed by atoms with Crippen LogP contribution in [-0.4, -0.2) is 141 Å². The maximum atomic E-state index is 14.7. The lowest BCUT2D eigenvalue weighted by Gasteiger charge is -2.35. The number of carbonyl (C=O) groups is 8. The Bertz CT molecular complexity index is 2040. The van der Waals surface area contributed by atoms with E-state index in [1.54, 1.807) is 52.0 Å². The summed E-state index contributed by atoms with van der Waals surface area (Å²) in [5.41, 5.74) is 1.17. The van der Waals surface area contributed by atoms with Crippen molar-refractivity contribution in [2.75, 3.05) is 26.2 Å². The van der Waals surface area contributed by atoms with Crippen molar-refractivity contribution in [2.45, 2.75) is 121 Å². The van der Waals surface area contributed by atoms with Gasteiger partial charge >= 0.3 is 0 Å². The van der Waals surface area contributed by atoms with Gasteiger partial charge in [-0.1, -0.05) is 52.0 Å². The number of benzene rings is 2. The van der Waals surface area contributed by atoms with Crippen LogP contribution in [0.5, 0.6) is 11.5 Å². The highest BCUT2D eigenvalue weighted by Crippen LogP contribution is 2.28. The average molecular weight is 873 g/mol. The normalized spacial score (nSPS) is 27.3. The summed E-state index contributed by atoms with van der Waals surface area (Å²) in [6.07, 6.45) is 2.40. The van der Waals surface area contributed by atoms with Crippen molar-refractivity contribution in [2.24, 2.45) is 11.8 Å². The van der Waals surface area contributed by atoms with Crippen LogP contribution in [0.3, 0.4) is 0 Å². The minimum atomic E-state index is -1.27. The van der Waals surface area contributed by atoms with Gasteiger partial charge < -0.3 is 51.5 Å². The molecule has 18 heteroatoms. The maximum Gasteiger partial charge on any atom is 0.246 e. The van der Waals surface area contributed by atoms with Gasteiger partial charge in [-0.2, -0.15) is 0 Å². The summed E-state index contributed by atoms with van der Waals surface area (Å²) in [6.45, 7) is 7.12. The zero-order valence-corrected chi connectivity index (χ0v) is 36.3. The molecule has 18 nitrogen and oxygen atoms in total. The number of hydrogen-bond acceptors (Lipinski definition) is 10. The van der Waals surface area contributed by atoms with Crippen molar-refractivity contribution in [3.05, 3.63) is 59.7 Å². The van der Waals surface area contributed by atoms with Crippen molar-refractivity contribution in [1.29, 1.82) is 0 Å². The molecule has 7 atom stereocenters. The minimum absolute atomic E-state index is 0.000436. The van der Waals surface area contributed by atoms with Crippen molar-refractivity contribution in [3.8, 4) is 11.5 Å². The van der Waals surface area contributed by atoms with E-state index in [-0.39, 0.29) is 44.0 Å². The van der Waals surface area contributed by atoms with E-state index in [1.165, 1.54) is 39.0 Å². The Balaban J connectivity index is 1.35. The fourth-order valence-corrected chi connectivity index (χ4v) is 8.95. The molecule has 340 valence electrons. The molecular weight excluding hydrogens is 813 g/mol. The quantitative estimate of drug-likeness (QED) is 0.208. The lowest BCUT2D eigenvalue weighted by molar-refractivity contribution is -0.149. The Morgan fingerprint density at radius 2 is 0.968 bits per heavy atom. The van der Waals surface area contributed by atoms with Crippen LogP contribution in [0.15, 0.2) is 48.5 Å². The summed E-state index contributed by atoms with van der Waals surface area (Å²) in [5.74, 6) is -5.59. The smallest absolute Gasteiger partial charge is 0.246 e. The second-order valence-electron chi connectivity index (χ2n) is 17.7. The van der Waals surface area contributed by atoms with E-state index in [4.69, 9.17) is 0 Å². The molecule has 63 heavy (non-hydrogen) atoms.